The first kappa shape index (κ1) is 15.9. The zero-order valence-corrected chi connectivity index (χ0v) is 13.3. The molecular formula is C18H18N2O4. The van der Waals surface area contributed by atoms with Gasteiger partial charge in [0, 0.05) is 12.1 Å². The van der Waals surface area contributed by atoms with Crippen LogP contribution in [0.1, 0.15) is 11.1 Å². The molecule has 0 saturated carbocycles. The van der Waals surface area contributed by atoms with E-state index in [-0.39, 0.29) is 24.8 Å². The van der Waals surface area contributed by atoms with Crippen molar-refractivity contribution in [1.29, 1.82) is 0 Å². The highest BCUT2D eigenvalue weighted by atomic mass is 16.5. The molecule has 1 aliphatic heterocycles. The lowest BCUT2D eigenvalue weighted by Crippen LogP contribution is -2.26. The van der Waals surface area contributed by atoms with E-state index in [0.717, 1.165) is 11.1 Å². The van der Waals surface area contributed by atoms with Crippen molar-refractivity contribution >= 4 is 17.5 Å². The molecule has 0 atom stereocenters. The molecule has 6 nitrogen and oxygen atoms in total. The number of para-hydroxylation sites is 1. The molecule has 124 valence electrons. The van der Waals surface area contributed by atoms with Crippen molar-refractivity contribution in [3.8, 4) is 11.5 Å². The zero-order chi connectivity index (χ0) is 16.9. The van der Waals surface area contributed by atoms with Gasteiger partial charge in [0.2, 0.25) is 5.91 Å². The fourth-order valence-corrected chi connectivity index (χ4v) is 2.51. The molecule has 0 fully saturated rings. The number of rotatable bonds is 5. The van der Waals surface area contributed by atoms with Gasteiger partial charge in [0.15, 0.2) is 6.61 Å². The Bertz CT molecular complexity index is 773. The number of methoxy groups -OCH3 is 1. The van der Waals surface area contributed by atoms with Crippen LogP contribution in [-0.2, 0) is 22.6 Å². The van der Waals surface area contributed by atoms with Crippen LogP contribution >= 0.6 is 0 Å². The van der Waals surface area contributed by atoms with Crippen LogP contribution < -0.4 is 20.1 Å². The van der Waals surface area contributed by atoms with Gasteiger partial charge in [-0.2, -0.15) is 0 Å². The maximum Gasteiger partial charge on any atom is 0.262 e. The Morgan fingerprint density at radius 2 is 2.12 bits per heavy atom. The fourth-order valence-electron chi connectivity index (χ4n) is 2.51. The number of carbonyl (C=O) groups is 2. The lowest BCUT2D eigenvalue weighted by atomic mass is 10.1. The van der Waals surface area contributed by atoms with Crippen LogP contribution in [0.15, 0.2) is 42.5 Å². The Balaban J connectivity index is 1.59. The standard InChI is InChI=1S/C18H18N2O4/c1-23-15-5-3-2-4-13(15)9-17(21)19-10-12-6-7-14-16(8-12)24-11-18(22)20-14/h2-8H,9-11H2,1H3,(H,19,21)(H,20,22). The highest BCUT2D eigenvalue weighted by Crippen LogP contribution is 2.28. The maximum absolute atomic E-state index is 12.1. The average Bonchev–Trinajstić information content (AvgIpc) is 2.60. The van der Waals surface area contributed by atoms with E-state index in [1.807, 2.05) is 36.4 Å². The van der Waals surface area contributed by atoms with Crippen LogP contribution in [-0.4, -0.2) is 25.5 Å². The second-order valence-corrected chi connectivity index (χ2v) is 5.43. The Kier molecular flexibility index (Phi) is 4.65. The van der Waals surface area contributed by atoms with Crippen molar-refractivity contribution in [3.05, 3.63) is 53.6 Å². The van der Waals surface area contributed by atoms with Gasteiger partial charge in [0.25, 0.3) is 5.91 Å². The number of ether oxygens (including phenoxy) is 2. The van der Waals surface area contributed by atoms with E-state index in [9.17, 15) is 9.59 Å². The largest absolute Gasteiger partial charge is 0.496 e. The van der Waals surface area contributed by atoms with Gasteiger partial charge < -0.3 is 20.1 Å². The summed E-state index contributed by atoms with van der Waals surface area (Å²) in [6.45, 7) is 0.398. The zero-order valence-electron chi connectivity index (χ0n) is 13.3. The van der Waals surface area contributed by atoms with Crippen molar-refractivity contribution in [2.45, 2.75) is 13.0 Å². The molecule has 2 aromatic carbocycles. The predicted molar refractivity (Wildman–Crippen MR) is 89.1 cm³/mol. The predicted octanol–water partition coefficient (Wildman–Crippen LogP) is 1.88. The van der Waals surface area contributed by atoms with E-state index in [2.05, 4.69) is 10.6 Å². The SMILES string of the molecule is COc1ccccc1CC(=O)NCc1ccc2c(c1)OCC(=O)N2. The summed E-state index contributed by atoms with van der Waals surface area (Å²) in [5.41, 5.74) is 2.39. The van der Waals surface area contributed by atoms with Crippen molar-refractivity contribution in [2.24, 2.45) is 0 Å². The molecule has 0 aromatic heterocycles. The number of amides is 2. The summed E-state index contributed by atoms with van der Waals surface area (Å²) >= 11 is 0. The summed E-state index contributed by atoms with van der Waals surface area (Å²) in [6.07, 6.45) is 0.251. The summed E-state index contributed by atoms with van der Waals surface area (Å²) in [5, 5.41) is 5.61. The third-order valence-electron chi connectivity index (χ3n) is 3.71. The van der Waals surface area contributed by atoms with E-state index in [1.54, 1.807) is 13.2 Å². The average molecular weight is 326 g/mol. The Hall–Kier alpha value is -3.02. The van der Waals surface area contributed by atoms with Crippen molar-refractivity contribution in [3.63, 3.8) is 0 Å². The lowest BCUT2D eigenvalue weighted by molar-refractivity contribution is -0.120. The van der Waals surface area contributed by atoms with E-state index in [1.165, 1.54) is 0 Å². The molecule has 3 rings (SSSR count). The van der Waals surface area contributed by atoms with Crippen molar-refractivity contribution in [2.75, 3.05) is 19.0 Å². The fraction of sp³-hybridized carbons (Fsp3) is 0.222. The van der Waals surface area contributed by atoms with Gasteiger partial charge in [-0.3, -0.25) is 9.59 Å². The molecule has 0 bridgehead atoms. The molecule has 2 N–H and O–H groups in total. The third kappa shape index (κ3) is 3.65. The van der Waals surface area contributed by atoms with Crippen molar-refractivity contribution < 1.29 is 19.1 Å². The summed E-state index contributed by atoms with van der Waals surface area (Å²) in [7, 11) is 1.59. The first-order chi connectivity index (χ1) is 11.7. The van der Waals surface area contributed by atoms with Gasteiger partial charge in [-0.05, 0) is 23.8 Å². The van der Waals surface area contributed by atoms with Gasteiger partial charge in [-0.1, -0.05) is 24.3 Å². The van der Waals surface area contributed by atoms with Gasteiger partial charge in [-0.15, -0.1) is 0 Å². The number of nitrogens with one attached hydrogen (secondary N) is 2. The monoisotopic (exact) mass is 326 g/mol. The van der Waals surface area contributed by atoms with E-state index in [0.29, 0.717) is 23.7 Å². The molecule has 0 spiro atoms. The van der Waals surface area contributed by atoms with E-state index >= 15 is 0 Å². The Labute approximate surface area is 139 Å². The number of carbonyl (C=O) groups excluding carboxylic acids is 2. The first-order valence-electron chi connectivity index (χ1n) is 7.60. The number of hydrogen-bond donors (Lipinski definition) is 2. The van der Waals surface area contributed by atoms with Gasteiger partial charge >= 0.3 is 0 Å². The summed E-state index contributed by atoms with van der Waals surface area (Å²) in [6, 6.07) is 12.9. The highest BCUT2D eigenvalue weighted by molar-refractivity contribution is 5.95. The van der Waals surface area contributed by atoms with Crippen LogP contribution in [0.4, 0.5) is 5.69 Å². The minimum atomic E-state index is -0.166. The molecule has 2 amide bonds. The quantitative estimate of drug-likeness (QED) is 0.880. The lowest BCUT2D eigenvalue weighted by Gasteiger charge is -2.18. The van der Waals surface area contributed by atoms with Gasteiger partial charge in [0.05, 0.1) is 19.2 Å². The topological polar surface area (TPSA) is 76.7 Å². The van der Waals surface area contributed by atoms with Gasteiger partial charge in [-0.25, -0.2) is 0 Å². The molecular weight excluding hydrogens is 308 g/mol. The van der Waals surface area contributed by atoms with E-state index < -0.39 is 0 Å². The molecule has 0 radical (unpaired) electrons. The van der Waals surface area contributed by atoms with Crippen molar-refractivity contribution in [1.82, 2.24) is 5.32 Å². The number of fused-ring (bicyclic) bond motifs is 1. The maximum atomic E-state index is 12.1. The minimum absolute atomic E-state index is 0.0105. The number of hydrogen-bond acceptors (Lipinski definition) is 4. The van der Waals surface area contributed by atoms with Crippen LogP contribution in [0.5, 0.6) is 11.5 Å². The smallest absolute Gasteiger partial charge is 0.262 e. The second kappa shape index (κ2) is 7.04. The van der Waals surface area contributed by atoms with Gasteiger partial charge in [0.1, 0.15) is 11.5 Å². The van der Waals surface area contributed by atoms with Crippen LogP contribution in [0.25, 0.3) is 0 Å². The summed E-state index contributed by atoms with van der Waals surface area (Å²) in [5.74, 6) is 1.06. The Morgan fingerprint density at radius 3 is 2.96 bits per heavy atom. The number of anilines is 1. The normalized spacial score (nSPS) is 12.6. The summed E-state index contributed by atoms with van der Waals surface area (Å²) < 4.78 is 10.6. The number of benzene rings is 2. The highest BCUT2D eigenvalue weighted by Gasteiger charge is 2.16. The molecule has 1 heterocycles. The molecule has 1 aliphatic rings. The minimum Gasteiger partial charge on any atom is -0.496 e. The summed E-state index contributed by atoms with van der Waals surface area (Å²) in [4.78, 5) is 23.4. The molecule has 2 aromatic rings. The molecule has 24 heavy (non-hydrogen) atoms. The van der Waals surface area contributed by atoms with Crippen LogP contribution in [0.3, 0.4) is 0 Å². The van der Waals surface area contributed by atoms with E-state index in [4.69, 9.17) is 9.47 Å². The molecule has 6 heteroatoms. The molecule has 0 unspecified atom stereocenters. The van der Waals surface area contributed by atoms with Crippen LogP contribution in [0.2, 0.25) is 0 Å². The molecule has 0 saturated heterocycles. The Morgan fingerprint density at radius 1 is 1.29 bits per heavy atom. The third-order valence-corrected chi connectivity index (χ3v) is 3.71. The second-order valence-electron chi connectivity index (χ2n) is 5.43. The first-order valence-corrected chi connectivity index (χ1v) is 7.60. The van der Waals surface area contributed by atoms with Crippen LogP contribution in [0, 0.1) is 0 Å². The molecule has 0 aliphatic carbocycles.